The van der Waals surface area contributed by atoms with E-state index >= 15 is 0 Å². The SMILES string of the molecule is O=C(NC1CCCNC1=O)c1ccc(O)c(Cl)c1. The van der Waals surface area contributed by atoms with Crippen molar-refractivity contribution in [2.24, 2.45) is 0 Å². The smallest absolute Gasteiger partial charge is 0.251 e. The van der Waals surface area contributed by atoms with Crippen LogP contribution in [0.15, 0.2) is 18.2 Å². The first-order valence-corrected chi connectivity index (χ1v) is 6.03. The van der Waals surface area contributed by atoms with Crippen LogP contribution in [0.3, 0.4) is 0 Å². The van der Waals surface area contributed by atoms with Gasteiger partial charge in [-0.05, 0) is 31.0 Å². The van der Waals surface area contributed by atoms with Crippen molar-refractivity contribution >= 4 is 23.4 Å². The van der Waals surface area contributed by atoms with Crippen LogP contribution in [0.2, 0.25) is 5.02 Å². The maximum Gasteiger partial charge on any atom is 0.251 e. The molecule has 18 heavy (non-hydrogen) atoms. The average Bonchev–Trinajstić information content (AvgIpc) is 2.35. The second kappa shape index (κ2) is 5.27. The molecular formula is C12H13ClN2O3. The van der Waals surface area contributed by atoms with Gasteiger partial charge in [0.25, 0.3) is 5.91 Å². The van der Waals surface area contributed by atoms with E-state index in [1.54, 1.807) is 0 Å². The van der Waals surface area contributed by atoms with E-state index in [-0.39, 0.29) is 22.6 Å². The molecule has 3 N–H and O–H groups in total. The van der Waals surface area contributed by atoms with Gasteiger partial charge in [-0.15, -0.1) is 0 Å². The number of rotatable bonds is 2. The Morgan fingerprint density at radius 1 is 1.50 bits per heavy atom. The van der Waals surface area contributed by atoms with Gasteiger partial charge in [0.15, 0.2) is 0 Å². The van der Waals surface area contributed by atoms with Crippen LogP contribution < -0.4 is 10.6 Å². The summed E-state index contributed by atoms with van der Waals surface area (Å²) in [4.78, 5) is 23.4. The lowest BCUT2D eigenvalue weighted by Crippen LogP contribution is -2.50. The lowest BCUT2D eigenvalue weighted by Gasteiger charge is -2.22. The van der Waals surface area contributed by atoms with Gasteiger partial charge < -0.3 is 15.7 Å². The van der Waals surface area contributed by atoms with Crippen molar-refractivity contribution in [3.63, 3.8) is 0 Å². The summed E-state index contributed by atoms with van der Waals surface area (Å²) in [5.74, 6) is -0.623. The summed E-state index contributed by atoms with van der Waals surface area (Å²) in [7, 11) is 0. The molecule has 0 spiro atoms. The highest BCUT2D eigenvalue weighted by molar-refractivity contribution is 6.32. The molecule has 1 heterocycles. The monoisotopic (exact) mass is 268 g/mol. The van der Waals surface area contributed by atoms with Crippen molar-refractivity contribution in [1.29, 1.82) is 0 Å². The third-order valence-corrected chi connectivity index (χ3v) is 3.10. The van der Waals surface area contributed by atoms with Crippen LogP contribution in [0.5, 0.6) is 5.75 Å². The molecule has 1 aliphatic heterocycles. The zero-order valence-electron chi connectivity index (χ0n) is 9.57. The fraction of sp³-hybridized carbons (Fsp3) is 0.333. The fourth-order valence-electron chi connectivity index (χ4n) is 1.80. The summed E-state index contributed by atoms with van der Waals surface area (Å²) < 4.78 is 0. The number of hydrogen-bond acceptors (Lipinski definition) is 3. The van der Waals surface area contributed by atoms with E-state index < -0.39 is 6.04 Å². The molecule has 1 aliphatic rings. The Morgan fingerprint density at radius 2 is 2.28 bits per heavy atom. The molecule has 5 nitrogen and oxygen atoms in total. The quantitative estimate of drug-likeness (QED) is 0.750. The van der Waals surface area contributed by atoms with Gasteiger partial charge in [0.1, 0.15) is 11.8 Å². The zero-order valence-corrected chi connectivity index (χ0v) is 10.3. The van der Waals surface area contributed by atoms with Gasteiger partial charge in [-0.1, -0.05) is 11.6 Å². The second-order valence-electron chi connectivity index (χ2n) is 4.13. The van der Waals surface area contributed by atoms with Gasteiger partial charge in [0.2, 0.25) is 5.91 Å². The number of phenols is 1. The summed E-state index contributed by atoms with van der Waals surface area (Å²) >= 11 is 5.72. The van der Waals surface area contributed by atoms with Gasteiger partial charge in [0, 0.05) is 12.1 Å². The predicted octanol–water partition coefficient (Wildman–Crippen LogP) is 1.05. The van der Waals surface area contributed by atoms with Crippen LogP contribution in [0.25, 0.3) is 0 Å². The molecule has 0 radical (unpaired) electrons. The summed E-state index contributed by atoms with van der Waals surface area (Å²) in [6.07, 6.45) is 1.47. The molecule has 1 unspecified atom stereocenters. The van der Waals surface area contributed by atoms with E-state index in [9.17, 15) is 14.7 Å². The molecule has 0 saturated carbocycles. The number of amides is 2. The van der Waals surface area contributed by atoms with Crippen LogP contribution in [0.1, 0.15) is 23.2 Å². The summed E-state index contributed by atoms with van der Waals surface area (Å²) in [6, 6.07) is 3.67. The number of nitrogens with one attached hydrogen (secondary N) is 2. The Hall–Kier alpha value is -1.75. The molecule has 1 fully saturated rings. The van der Waals surface area contributed by atoms with Gasteiger partial charge in [0.05, 0.1) is 5.02 Å². The number of carbonyl (C=O) groups excluding carboxylic acids is 2. The molecule has 0 bridgehead atoms. The van der Waals surface area contributed by atoms with Gasteiger partial charge >= 0.3 is 0 Å². The van der Waals surface area contributed by atoms with Crippen molar-refractivity contribution in [2.75, 3.05) is 6.54 Å². The van der Waals surface area contributed by atoms with E-state index in [2.05, 4.69) is 10.6 Å². The molecule has 96 valence electrons. The minimum absolute atomic E-state index is 0.0800. The van der Waals surface area contributed by atoms with Crippen molar-refractivity contribution in [1.82, 2.24) is 10.6 Å². The largest absolute Gasteiger partial charge is 0.506 e. The van der Waals surface area contributed by atoms with Crippen molar-refractivity contribution < 1.29 is 14.7 Å². The number of benzene rings is 1. The molecule has 6 heteroatoms. The Kier molecular flexibility index (Phi) is 3.72. The Balaban J connectivity index is 2.07. The lowest BCUT2D eigenvalue weighted by molar-refractivity contribution is -0.124. The third-order valence-electron chi connectivity index (χ3n) is 2.80. The number of phenolic OH excluding ortho intramolecular Hbond substituents is 1. The van der Waals surface area contributed by atoms with E-state index in [0.29, 0.717) is 18.5 Å². The van der Waals surface area contributed by atoms with E-state index in [0.717, 1.165) is 6.42 Å². The van der Waals surface area contributed by atoms with Crippen LogP contribution in [-0.2, 0) is 4.79 Å². The van der Waals surface area contributed by atoms with Crippen LogP contribution in [0, 0.1) is 0 Å². The van der Waals surface area contributed by atoms with Crippen molar-refractivity contribution in [3.05, 3.63) is 28.8 Å². The highest BCUT2D eigenvalue weighted by Crippen LogP contribution is 2.23. The van der Waals surface area contributed by atoms with E-state index in [1.165, 1.54) is 18.2 Å². The molecular weight excluding hydrogens is 256 g/mol. The normalized spacial score (nSPS) is 19.2. The first kappa shape index (κ1) is 12.7. The molecule has 1 atom stereocenters. The summed E-state index contributed by atoms with van der Waals surface area (Å²) in [5, 5.41) is 14.7. The van der Waals surface area contributed by atoms with Gasteiger partial charge in [-0.3, -0.25) is 9.59 Å². The third kappa shape index (κ3) is 2.73. The predicted molar refractivity (Wildman–Crippen MR) is 66.6 cm³/mol. The minimum Gasteiger partial charge on any atom is -0.506 e. The first-order valence-electron chi connectivity index (χ1n) is 5.65. The number of piperidine rings is 1. The zero-order chi connectivity index (χ0) is 13.1. The number of aromatic hydroxyl groups is 1. The lowest BCUT2D eigenvalue weighted by atomic mass is 10.1. The topological polar surface area (TPSA) is 78.4 Å². The molecule has 0 aromatic heterocycles. The summed E-state index contributed by atoms with van der Waals surface area (Å²) in [5.41, 5.74) is 0.316. The average molecular weight is 269 g/mol. The molecule has 1 aromatic rings. The van der Waals surface area contributed by atoms with Crippen LogP contribution in [-0.4, -0.2) is 29.5 Å². The van der Waals surface area contributed by atoms with E-state index in [4.69, 9.17) is 11.6 Å². The van der Waals surface area contributed by atoms with Crippen LogP contribution >= 0.6 is 11.6 Å². The van der Waals surface area contributed by atoms with Crippen molar-refractivity contribution in [3.8, 4) is 5.75 Å². The minimum atomic E-state index is -0.501. The number of carbonyl (C=O) groups is 2. The second-order valence-corrected chi connectivity index (χ2v) is 4.53. The number of halogens is 1. The maximum atomic E-state index is 11.9. The molecule has 0 aliphatic carbocycles. The number of hydrogen-bond donors (Lipinski definition) is 3. The summed E-state index contributed by atoms with van der Waals surface area (Å²) in [6.45, 7) is 0.649. The highest BCUT2D eigenvalue weighted by Gasteiger charge is 2.24. The maximum absolute atomic E-state index is 11.9. The van der Waals surface area contributed by atoms with Gasteiger partial charge in [-0.25, -0.2) is 0 Å². The standard InChI is InChI=1S/C12H13ClN2O3/c13-8-6-7(3-4-10(8)16)11(17)15-9-2-1-5-14-12(9)18/h3-4,6,9,16H,1-2,5H2,(H,14,18)(H,15,17). The van der Waals surface area contributed by atoms with Gasteiger partial charge in [-0.2, -0.15) is 0 Å². The molecule has 1 aromatic carbocycles. The van der Waals surface area contributed by atoms with E-state index in [1.807, 2.05) is 0 Å². The van der Waals surface area contributed by atoms with Crippen molar-refractivity contribution in [2.45, 2.75) is 18.9 Å². The molecule has 2 amide bonds. The molecule has 1 saturated heterocycles. The highest BCUT2D eigenvalue weighted by atomic mass is 35.5. The fourth-order valence-corrected chi connectivity index (χ4v) is 1.98. The first-order chi connectivity index (χ1) is 8.58. The van der Waals surface area contributed by atoms with Crippen LogP contribution in [0.4, 0.5) is 0 Å². The molecule has 2 rings (SSSR count). The Morgan fingerprint density at radius 3 is 2.94 bits per heavy atom. The Bertz CT molecular complexity index is 490. The Labute approximate surface area is 109 Å².